The van der Waals surface area contributed by atoms with Gasteiger partial charge in [-0.1, -0.05) is 15.9 Å². The van der Waals surface area contributed by atoms with Gasteiger partial charge in [0.05, 0.1) is 5.33 Å². The Bertz CT molecular complexity index is 274. The lowest BCUT2D eigenvalue weighted by Crippen LogP contribution is -2.09. The molecule has 0 atom stereocenters. The molecule has 0 saturated heterocycles. The van der Waals surface area contributed by atoms with Gasteiger partial charge in [0.25, 0.3) is 0 Å². The summed E-state index contributed by atoms with van der Waals surface area (Å²) in [6, 6.07) is 0.839. The predicted octanol–water partition coefficient (Wildman–Crippen LogP) is 2.39. The van der Waals surface area contributed by atoms with Gasteiger partial charge >= 0.3 is 6.18 Å². The van der Waals surface area contributed by atoms with Gasteiger partial charge in [0.15, 0.2) is 0 Å². The van der Waals surface area contributed by atoms with Crippen LogP contribution in [0.2, 0.25) is 0 Å². The van der Waals surface area contributed by atoms with Crippen molar-refractivity contribution in [3.05, 3.63) is 23.8 Å². The predicted molar refractivity (Wildman–Crippen MR) is 39.7 cm³/mol. The van der Waals surface area contributed by atoms with Gasteiger partial charge in [-0.15, -0.1) is 0 Å². The first-order valence-corrected chi connectivity index (χ1v) is 4.11. The first kappa shape index (κ1) is 9.44. The molecule has 12 heavy (non-hydrogen) atoms. The summed E-state index contributed by atoms with van der Waals surface area (Å²) in [6.07, 6.45) is -3.30. The number of nitrogens with zero attached hydrogens (tertiary/aromatic N) is 2. The second-order valence-electron chi connectivity index (χ2n) is 1.99. The van der Waals surface area contributed by atoms with E-state index in [0.717, 1.165) is 12.3 Å². The summed E-state index contributed by atoms with van der Waals surface area (Å²) >= 11 is 2.97. The maximum Gasteiger partial charge on any atom is 0.433 e. The van der Waals surface area contributed by atoms with Crippen molar-refractivity contribution in [1.82, 2.24) is 9.97 Å². The summed E-state index contributed by atoms with van der Waals surface area (Å²) in [6.45, 7) is 0. The van der Waals surface area contributed by atoms with Crippen LogP contribution in [-0.4, -0.2) is 9.97 Å². The van der Waals surface area contributed by atoms with Crippen LogP contribution in [0.25, 0.3) is 0 Å². The first-order chi connectivity index (χ1) is 5.54. The molecule has 0 aliphatic rings. The third-order valence-electron chi connectivity index (χ3n) is 1.12. The van der Waals surface area contributed by atoms with E-state index in [1.54, 1.807) is 0 Å². The maximum atomic E-state index is 12.0. The van der Waals surface area contributed by atoms with E-state index >= 15 is 0 Å². The summed E-state index contributed by atoms with van der Waals surface area (Å²) in [5, 5.41) is 0.219. The van der Waals surface area contributed by atoms with E-state index in [2.05, 4.69) is 25.9 Å². The first-order valence-electron chi connectivity index (χ1n) is 2.99. The molecule has 1 heterocycles. The van der Waals surface area contributed by atoms with Crippen LogP contribution in [0, 0.1) is 0 Å². The van der Waals surface area contributed by atoms with E-state index in [-0.39, 0.29) is 11.2 Å². The Kier molecular flexibility index (Phi) is 2.66. The molecule has 6 heteroatoms. The fourth-order valence-electron chi connectivity index (χ4n) is 0.621. The molecule has 1 aromatic rings. The highest BCUT2D eigenvalue weighted by Crippen LogP contribution is 2.26. The number of hydrogen-bond acceptors (Lipinski definition) is 2. The van der Waals surface area contributed by atoms with Crippen molar-refractivity contribution in [2.75, 3.05) is 0 Å². The Hall–Kier alpha value is -0.650. The number of halogens is 4. The molecule has 66 valence electrons. The molecule has 1 rings (SSSR count). The molecule has 0 amide bonds. The van der Waals surface area contributed by atoms with E-state index in [9.17, 15) is 13.2 Å². The minimum atomic E-state index is -4.39. The van der Waals surface area contributed by atoms with Gasteiger partial charge in [-0.2, -0.15) is 13.2 Å². The molecular formula is C6H4BrF3N2. The van der Waals surface area contributed by atoms with Crippen LogP contribution in [0.5, 0.6) is 0 Å². The van der Waals surface area contributed by atoms with E-state index in [1.165, 1.54) is 0 Å². The Labute approximate surface area is 75.0 Å². The lowest BCUT2D eigenvalue weighted by atomic mass is 10.4. The summed E-state index contributed by atoms with van der Waals surface area (Å²) in [7, 11) is 0. The van der Waals surface area contributed by atoms with Crippen molar-refractivity contribution in [3.63, 3.8) is 0 Å². The number of hydrogen-bond donors (Lipinski definition) is 0. The molecule has 0 fully saturated rings. The van der Waals surface area contributed by atoms with Crippen LogP contribution >= 0.6 is 15.9 Å². The molecule has 0 aromatic carbocycles. The molecular weight excluding hydrogens is 237 g/mol. The maximum absolute atomic E-state index is 12.0. The molecule has 0 N–H and O–H groups in total. The van der Waals surface area contributed by atoms with Crippen molar-refractivity contribution in [2.24, 2.45) is 0 Å². The second kappa shape index (κ2) is 3.38. The van der Waals surface area contributed by atoms with Crippen LogP contribution < -0.4 is 0 Å². The molecule has 2 nitrogen and oxygen atoms in total. The average molecular weight is 241 g/mol. The third kappa shape index (κ3) is 2.17. The molecule has 0 radical (unpaired) electrons. The van der Waals surface area contributed by atoms with Gasteiger partial charge in [-0.25, -0.2) is 9.97 Å². The minimum Gasteiger partial charge on any atom is -0.240 e. The van der Waals surface area contributed by atoms with Gasteiger partial charge in [0, 0.05) is 6.20 Å². The van der Waals surface area contributed by atoms with Crippen molar-refractivity contribution in [1.29, 1.82) is 0 Å². The third-order valence-corrected chi connectivity index (χ3v) is 1.62. The van der Waals surface area contributed by atoms with Crippen molar-refractivity contribution in [2.45, 2.75) is 11.5 Å². The molecule has 0 unspecified atom stereocenters. The second-order valence-corrected chi connectivity index (χ2v) is 2.55. The fourth-order valence-corrected chi connectivity index (χ4v) is 0.892. The van der Waals surface area contributed by atoms with Crippen molar-refractivity contribution < 1.29 is 13.2 Å². The topological polar surface area (TPSA) is 25.8 Å². The standard InChI is InChI=1S/C6H4BrF3N2/c7-3-5-11-2-1-4(12-5)6(8,9)10/h1-2H,3H2. The molecule has 1 aromatic heterocycles. The largest absolute Gasteiger partial charge is 0.433 e. The highest BCUT2D eigenvalue weighted by atomic mass is 79.9. The Balaban J connectivity index is 3.02. The normalized spacial score (nSPS) is 11.7. The van der Waals surface area contributed by atoms with E-state index in [1.807, 2.05) is 0 Å². The monoisotopic (exact) mass is 240 g/mol. The highest BCUT2D eigenvalue weighted by molar-refractivity contribution is 9.08. The van der Waals surface area contributed by atoms with Gasteiger partial charge in [0.2, 0.25) is 0 Å². The van der Waals surface area contributed by atoms with Crippen LogP contribution in [0.1, 0.15) is 11.5 Å². The molecule has 0 saturated carbocycles. The quantitative estimate of drug-likeness (QED) is 0.705. The van der Waals surface area contributed by atoms with Gasteiger partial charge in [-0.05, 0) is 6.07 Å². The van der Waals surface area contributed by atoms with Crippen molar-refractivity contribution in [3.8, 4) is 0 Å². The SMILES string of the molecule is FC(F)(F)c1ccnc(CBr)n1. The molecule has 0 aliphatic heterocycles. The van der Waals surface area contributed by atoms with E-state index in [4.69, 9.17) is 0 Å². The minimum absolute atomic E-state index is 0.129. The highest BCUT2D eigenvalue weighted by Gasteiger charge is 2.32. The van der Waals surface area contributed by atoms with Gasteiger partial charge in [0.1, 0.15) is 11.5 Å². The number of rotatable bonds is 1. The lowest BCUT2D eigenvalue weighted by Gasteiger charge is -2.04. The zero-order chi connectivity index (χ0) is 9.19. The Morgan fingerprint density at radius 1 is 1.42 bits per heavy atom. The molecule has 0 spiro atoms. The molecule has 0 aliphatic carbocycles. The molecule has 0 bridgehead atoms. The Morgan fingerprint density at radius 3 is 2.58 bits per heavy atom. The average Bonchev–Trinajstić information content (AvgIpc) is 2.03. The van der Waals surface area contributed by atoms with Gasteiger partial charge < -0.3 is 0 Å². The zero-order valence-corrected chi connectivity index (χ0v) is 7.35. The van der Waals surface area contributed by atoms with Crippen LogP contribution in [0.4, 0.5) is 13.2 Å². The number of aromatic nitrogens is 2. The van der Waals surface area contributed by atoms with Crippen LogP contribution in [0.3, 0.4) is 0 Å². The summed E-state index contributed by atoms with van der Waals surface area (Å²) in [5.41, 5.74) is -0.910. The summed E-state index contributed by atoms with van der Waals surface area (Å²) < 4.78 is 36.0. The summed E-state index contributed by atoms with van der Waals surface area (Å²) in [5.74, 6) is 0.129. The smallest absolute Gasteiger partial charge is 0.240 e. The van der Waals surface area contributed by atoms with Crippen LogP contribution in [-0.2, 0) is 11.5 Å². The Morgan fingerprint density at radius 2 is 2.08 bits per heavy atom. The van der Waals surface area contributed by atoms with Crippen molar-refractivity contribution >= 4 is 15.9 Å². The summed E-state index contributed by atoms with van der Waals surface area (Å²) in [4.78, 5) is 6.89. The fraction of sp³-hybridized carbons (Fsp3) is 0.333. The number of alkyl halides is 4. The van der Waals surface area contributed by atoms with Gasteiger partial charge in [-0.3, -0.25) is 0 Å². The zero-order valence-electron chi connectivity index (χ0n) is 5.77. The lowest BCUT2D eigenvalue weighted by molar-refractivity contribution is -0.141. The van der Waals surface area contributed by atoms with E-state index in [0.29, 0.717) is 0 Å². The van der Waals surface area contributed by atoms with E-state index < -0.39 is 11.9 Å². The van der Waals surface area contributed by atoms with Crippen LogP contribution in [0.15, 0.2) is 12.3 Å².